The van der Waals surface area contributed by atoms with E-state index in [-0.39, 0.29) is 5.69 Å². The summed E-state index contributed by atoms with van der Waals surface area (Å²) in [5.41, 5.74) is -0.487. The summed E-state index contributed by atoms with van der Waals surface area (Å²) in [6, 6.07) is 1.34. The Balaban J connectivity index is 2.41. The van der Waals surface area contributed by atoms with Crippen molar-refractivity contribution in [3.8, 4) is 0 Å². The van der Waals surface area contributed by atoms with Crippen molar-refractivity contribution in [2.24, 2.45) is 7.05 Å². The lowest BCUT2D eigenvalue weighted by Gasteiger charge is -1.97. The van der Waals surface area contributed by atoms with Crippen molar-refractivity contribution in [3.05, 3.63) is 31.5 Å². The Bertz CT molecular complexity index is 672. The first-order chi connectivity index (χ1) is 8.90. The number of nitrogens with one attached hydrogen (secondary N) is 1. The van der Waals surface area contributed by atoms with Crippen LogP contribution in [0, 0.1) is 10.1 Å². The summed E-state index contributed by atoms with van der Waals surface area (Å²) in [4.78, 5) is 22.2. The number of aromatic amines is 1. The number of hydrogen-bond donors (Lipinski definition) is 2. The third kappa shape index (κ3) is 2.69. The normalized spacial score (nSPS) is 12.6. The maximum atomic E-state index is 11.2. The number of aliphatic hydroxyl groups is 1. The number of aliphatic hydroxyl groups excluding tert-OH is 1. The molecule has 2 aromatic rings. The van der Waals surface area contributed by atoms with Gasteiger partial charge in [-0.1, -0.05) is 0 Å². The van der Waals surface area contributed by atoms with Crippen LogP contribution in [-0.2, 0) is 7.05 Å². The van der Waals surface area contributed by atoms with Gasteiger partial charge < -0.3 is 5.11 Å². The average Bonchev–Trinajstić information content (AvgIpc) is 2.88. The molecule has 0 unspecified atom stereocenters. The minimum Gasteiger partial charge on any atom is -0.388 e. The first kappa shape index (κ1) is 13.8. The molecule has 2 N–H and O–H groups in total. The van der Waals surface area contributed by atoms with Crippen molar-refractivity contribution >= 4 is 28.8 Å². The fourth-order valence-corrected chi connectivity index (χ4v) is 3.48. The minimum atomic E-state index is -0.777. The van der Waals surface area contributed by atoms with Crippen molar-refractivity contribution in [3.63, 3.8) is 0 Å². The fraction of sp³-hybridized carbons (Fsp3) is 0.333. The Kier molecular flexibility index (Phi) is 3.73. The third-order valence-electron chi connectivity index (χ3n) is 2.33. The second-order valence-corrected chi connectivity index (χ2v) is 6.05. The van der Waals surface area contributed by atoms with Crippen molar-refractivity contribution in [1.82, 2.24) is 14.8 Å². The lowest BCUT2D eigenvalue weighted by atomic mass is 10.3. The van der Waals surface area contributed by atoms with E-state index in [9.17, 15) is 20.0 Å². The second kappa shape index (κ2) is 5.15. The molecule has 0 aliphatic heterocycles. The molecule has 10 heteroatoms. The zero-order valence-electron chi connectivity index (χ0n) is 9.98. The molecule has 2 rings (SSSR count). The number of nitro groups is 1. The Morgan fingerprint density at radius 1 is 1.68 bits per heavy atom. The smallest absolute Gasteiger partial charge is 0.343 e. The van der Waals surface area contributed by atoms with Gasteiger partial charge in [-0.25, -0.2) is 9.89 Å². The Morgan fingerprint density at radius 2 is 2.37 bits per heavy atom. The van der Waals surface area contributed by atoms with Crippen molar-refractivity contribution < 1.29 is 10.0 Å². The molecular weight excluding hydrogens is 292 g/mol. The molecule has 0 radical (unpaired) electrons. The molecule has 0 aliphatic carbocycles. The van der Waals surface area contributed by atoms with Gasteiger partial charge in [-0.15, -0.1) is 16.4 Å². The molecule has 0 bridgehead atoms. The topological polar surface area (TPSA) is 114 Å². The zero-order valence-corrected chi connectivity index (χ0v) is 11.6. The molecular formula is C9H10N4O4S2. The molecule has 0 aromatic carbocycles. The van der Waals surface area contributed by atoms with Gasteiger partial charge in [0.25, 0.3) is 5.69 Å². The number of aromatic nitrogens is 3. The van der Waals surface area contributed by atoms with E-state index in [1.54, 1.807) is 0 Å². The number of H-pyrrole nitrogens is 1. The molecule has 0 saturated carbocycles. The monoisotopic (exact) mass is 302 g/mol. The van der Waals surface area contributed by atoms with E-state index in [1.165, 1.54) is 24.6 Å². The highest BCUT2D eigenvalue weighted by Crippen LogP contribution is 2.42. The number of thiophene rings is 1. The van der Waals surface area contributed by atoms with E-state index in [1.807, 2.05) is 0 Å². The Morgan fingerprint density at radius 3 is 2.84 bits per heavy atom. The van der Waals surface area contributed by atoms with Crippen LogP contribution in [0.2, 0.25) is 0 Å². The van der Waals surface area contributed by atoms with E-state index in [2.05, 4.69) is 10.2 Å². The van der Waals surface area contributed by atoms with E-state index in [4.69, 9.17) is 0 Å². The van der Waals surface area contributed by atoms with Gasteiger partial charge >= 0.3 is 5.69 Å². The zero-order chi connectivity index (χ0) is 14.2. The molecule has 0 fully saturated rings. The first-order valence-corrected chi connectivity index (χ1v) is 6.79. The number of rotatable bonds is 4. The molecule has 0 saturated heterocycles. The van der Waals surface area contributed by atoms with Gasteiger partial charge in [-0.3, -0.25) is 14.7 Å². The van der Waals surface area contributed by atoms with Crippen LogP contribution in [0.1, 0.15) is 17.9 Å². The third-order valence-corrected chi connectivity index (χ3v) is 4.86. The molecule has 102 valence electrons. The Labute approximate surface area is 115 Å². The molecule has 0 aliphatic rings. The van der Waals surface area contributed by atoms with Gasteiger partial charge in [0.05, 0.1) is 11.0 Å². The van der Waals surface area contributed by atoms with E-state index < -0.39 is 16.7 Å². The largest absolute Gasteiger partial charge is 0.388 e. The summed E-state index contributed by atoms with van der Waals surface area (Å²) in [5.74, 6) is 0. The molecule has 0 amide bonds. The van der Waals surface area contributed by atoms with Crippen LogP contribution >= 0.6 is 23.1 Å². The highest BCUT2D eigenvalue weighted by Gasteiger charge is 2.23. The molecule has 2 heterocycles. The van der Waals surface area contributed by atoms with Crippen molar-refractivity contribution in [1.29, 1.82) is 0 Å². The standard InChI is InChI=1S/C9H10N4O4S2/c1-4(14)6-3-5(13(16)17)7(18-6)19-9-11-10-8(15)12(9)2/h3-4,14H,1-2H3,(H,10,15)/t4-/m1/s1. The maximum Gasteiger partial charge on any atom is 0.343 e. The lowest BCUT2D eigenvalue weighted by Crippen LogP contribution is -2.12. The van der Waals surface area contributed by atoms with Crippen LogP contribution in [0.4, 0.5) is 5.69 Å². The molecule has 1 atom stereocenters. The maximum absolute atomic E-state index is 11.2. The second-order valence-electron chi connectivity index (χ2n) is 3.73. The van der Waals surface area contributed by atoms with Crippen LogP contribution in [0.25, 0.3) is 0 Å². The number of nitrogens with zero attached hydrogens (tertiary/aromatic N) is 3. The van der Waals surface area contributed by atoms with Crippen LogP contribution in [0.3, 0.4) is 0 Å². The van der Waals surface area contributed by atoms with Gasteiger partial charge in [0.2, 0.25) is 0 Å². The van der Waals surface area contributed by atoms with Gasteiger partial charge in [0.15, 0.2) is 5.16 Å². The van der Waals surface area contributed by atoms with E-state index in [0.717, 1.165) is 23.1 Å². The van der Waals surface area contributed by atoms with Crippen LogP contribution in [0.5, 0.6) is 0 Å². The summed E-state index contributed by atoms with van der Waals surface area (Å²) in [7, 11) is 1.52. The van der Waals surface area contributed by atoms with Gasteiger partial charge in [-0.2, -0.15) is 0 Å². The first-order valence-electron chi connectivity index (χ1n) is 5.15. The molecule has 0 spiro atoms. The van der Waals surface area contributed by atoms with Crippen LogP contribution in [-0.4, -0.2) is 24.8 Å². The van der Waals surface area contributed by atoms with Crippen LogP contribution < -0.4 is 5.69 Å². The van der Waals surface area contributed by atoms with Crippen LogP contribution in [0.15, 0.2) is 20.2 Å². The summed E-state index contributed by atoms with van der Waals surface area (Å²) in [5, 5.41) is 26.8. The quantitative estimate of drug-likeness (QED) is 0.649. The average molecular weight is 302 g/mol. The predicted molar refractivity (Wildman–Crippen MR) is 69.6 cm³/mol. The van der Waals surface area contributed by atoms with Crippen molar-refractivity contribution in [2.45, 2.75) is 22.4 Å². The van der Waals surface area contributed by atoms with Gasteiger partial charge in [0.1, 0.15) is 4.21 Å². The van der Waals surface area contributed by atoms with Crippen molar-refractivity contribution in [2.75, 3.05) is 0 Å². The molecule has 19 heavy (non-hydrogen) atoms. The summed E-state index contributed by atoms with van der Waals surface area (Å²) in [6.45, 7) is 1.54. The summed E-state index contributed by atoms with van der Waals surface area (Å²) < 4.78 is 1.64. The Hall–Kier alpha value is -1.65. The fourth-order valence-electron chi connectivity index (χ4n) is 1.30. The predicted octanol–water partition coefficient (Wildman–Crippen LogP) is 1.28. The summed E-state index contributed by atoms with van der Waals surface area (Å²) in [6.07, 6.45) is -0.777. The molecule has 2 aromatic heterocycles. The molecule has 8 nitrogen and oxygen atoms in total. The SMILES string of the molecule is C[C@@H](O)c1cc([N+](=O)[O-])c(Sc2n[nH]c(=O)n2C)s1. The minimum absolute atomic E-state index is 0.0960. The summed E-state index contributed by atoms with van der Waals surface area (Å²) >= 11 is 2.13. The number of hydrogen-bond acceptors (Lipinski definition) is 7. The highest BCUT2D eigenvalue weighted by molar-refractivity contribution is 8.01. The van der Waals surface area contributed by atoms with Gasteiger partial charge in [-0.05, 0) is 18.7 Å². The van der Waals surface area contributed by atoms with E-state index >= 15 is 0 Å². The lowest BCUT2D eigenvalue weighted by molar-refractivity contribution is -0.387. The highest BCUT2D eigenvalue weighted by atomic mass is 32.2. The van der Waals surface area contributed by atoms with E-state index in [0.29, 0.717) is 14.2 Å². The van der Waals surface area contributed by atoms with Gasteiger partial charge in [0, 0.05) is 18.0 Å².